The van der Waals surface area contributed by atoms with Gasteiger partial charge in [-0.05, 0) is 25.7 Å². The minimum atomic E-state index is 0.297. The van der Waals surface area contributed by atoms with Gasteiger partial charge in [-0.2, -0.15) is 0 Å². The van der Waals surface area contributed by atoms with E-state index in [2.05, 4.69) is 55.2 Å². The van der Waals surface area contributed by atoms with Crippen LogP contribution in [0.5, 0.6) is 0 Å². The molecule has 4 heteroatoms. The molecule has 0 atom stereocenters. The fourth-order valence-corrected chi connectivity index (χ4v) is 2.24. The Kier molecular flexibility index (Phi) is 6.76. The van der Waals surface area contributed by atoms with E-state index < -0.39 is 0 Å². The molecule has 1 aromatic heterocycles. The number of nitrogens with zero attached hydrogens (tertiary/aromatic N) is 2. The first-order valence-electron chi connectivity index (χ1n) is 7.79. The number of anilines is 2. The lowest BCUT2D eigenvalue weighted by Crippen LogP contribution is -2.24. The Balaban J connectivity index is 2.58. The molecule has 0 fully saturated rings. The first-order valence-corrected chi connectivity index (χ1v) is 7.79. The molecule has 1 heterocycles. The maximum absolute atomic E-state index is 4.36. The van der Waals surface area contributed by atoms with Crippen molar-refractivity contribution in [3.05, 3.63) is 11.9 Å². The Morgan fingerprint density at radius 1 is 1.05 bits per heavy atom. The molecule has 0 spiro atoms. The van der Waals surface area contributed by atoms with E-state index in [9.17, 15) is 0 Å². The van der Waals surface area contributed by atoms with Crippen LogP contribution in [0, 0.1) is 12.3 Å². The van der Waals surface area contributed by atoms with Crippen molar-refractivity contribution in [2.75, 3.05) is 23.7 Å². The van der Waals surface area contributed by atoms with Gasteiger partial charge in [-0.3, -0.25) is 0 Å². The van der Waals surface area contributed by atoms with Crippen LogP contribution in [0.1, 0.15) is 58.9 Å². The Morgan fingerprint density at radius 2 is 1.70 bits per heavy atom. The molecule has 2 N–H and O–H groups in total. The Bertz CT molecular complexity index is 401. The van der Waals surface area contributed by atoms with Crippen molar-refractivity contribution in [1.82, 2.24) is 9.97 Å². The van der Waals surface area contributed by atoms with Gasteiger partial charge in [0.1, 0.15) is 18.0 Å². The van der Waals surface area contributed by atoms with E-state index in [1.54, 1.807) is 6.33 Å². The molecule has 0 aliphatic carbocycles. The summed E-state index contributed by atoms with van der Waals surface area (Å²) in [6.45, 7) is 12.8. The third-order valence-corrected chi connectivity index (χ3v) is 3.62. The fraction of sp³-hybridized carbons (Fsp3) is 0.750. The molecule has 0 saturated heterocycles. The van der Waals surface area contributed by atoms with E-state index in [1.807, 2.05) is 0 Å². The molecular formula is C16H30N4. The first-order chi connectivity index (χ1) is 9.50. The lowest BCUT2D eigenvalue weighted by atomic mass is 9.87. The van der Waals surface area contributed by atoms with Crippen LogP contribution in [-0.2, 0) is 0 Å². The zero-order chi connectivity index (χ0) is 15.0. The molecule has 0 radical (unpaired) electrons. The predicted molar refractivity (Wildman–Crippen MR) is 87.3 cm³/mol. The van der Waals surface area contributed by atoms with Gasteiger partial charge in [0.15, 0.2) is 0 Å². The van der Waals surface area contributed by atoms with Crippen molar-refractivity contribution < 1.29 is 0 Å². The number of aromatic nitrogens is 2. The quantitative estimate of drug-likeness (QED) is 0.663. The van der Waals surface area contributed by atoms with Crippen molar-refractivity contribution >= 4 is 11.6 Å². The largest absolute Gasteiger partial charge is 0.370 e. The topological polar surface area (TPSA) is 49.8 Å². The monoisotopic (exact) mass is 278 g/mol. The molecule has 4 nitrogen and oxygen atoms in total. The molecule has 0 saturated carbocycles. The van der Waals surface area contributed by atoms with E-state index in [0.717, 1.165) is 30.3 Å². The molecule has 0 aliphatic heterocycles. The van der Waals surface area contributed by atoms with Gasteiger partial charge in [0.05, 0.1) is 0 Å². The summed E-state index contributed by atoms with van der Waals surface area (Å²) < 4.78 is 0. The molecule has 0 amide bonds. The van der Waals surface area contributed by atoms with E-state index in [4.69, 9.17) is 0 Å². The van der Waals surface area contributed by atoms with Crippen molar-refractivity contribution in [2.45, 2.75) is 60.3 Å². The summed E-state index contributed by atoms with van der Waals surface area (Å²) in [7, 11) is 0. The summed E-state index contributed by atoms with van der Waals surface area (Å²) in [5.41, 5.74) is 1.39. The van der Waals surface area contributed by atoms with Crippen molar-refractivity contribution in [1.29, 1.82) is 0 Å². The second-order valence-corrected chi connectivity index (χ2v) is 6.20. The van der Waals surface area contributed by atoms with Gasteiger partial charge in [-0.15, -0.1) is 0 Å². The lowest BCUT2D eigenvalue weighted by molar-refractivity contribution is 0.342. The SMILES string of the molecule is CCCCCC(C)(C)CNc1ncnc(NCC)c1C. The van der Waals surface area contributed by atoms with Gasteiger partial charge >= 0.3 is 0 Å². The van der Waals surface area contributed by atoms with Crippen molar-refractivity contribution in [3.63, 3.8) is 0 Å². The molecule has 1 rings (SSSR count). The minimum absolute atomic E-state index is 0.297. The van der Waals surface area contributed by atoms with Crippen molar-refractivity contribution in [2.24, 2.45) is 5.41 Å². The highest BCUT2D eigenvalue weighted by molar-refractivity contribution is 5.56. The highest BCUT2D eigenvalue weighted by Gasteiger charge is 2.18. The van der Waals surface area contributed by atoms with Crippen LogP contribution in [0.2, 0.25) is 0 Å². The highest BCUT2D eigenvalue weighted by atomic mass is 15.1. The van der Waals surface area contributed by atoms with Crippen LogP contribution in [0.3, 0.4) is 0 Å². The maximum Gasteiger partial charge on any atom is 0.134 e. The van der Waals surface area contributed by atoms with Gasteiger partial charge in [0, 0.05) is 18.7 Å². The molecule has 0 aromatic carbocycles. The molecular weight excluding hydrogens is 248 g/mol. The molecule has 0 bridgehead atoms. The second kappa shape index (κ2) is 8.08. The van der Waals surface area contributed by atoms with Gasteiger partial charge in [-0.25, -0.2) is 9.97 Å². The zero-order valence-corrected chi connectivity index (χ0v) is 13.7. The maximum atomic E-state index is 4.36. The number of nitrogens with one attached hydrogen (secondary N) is 2. The van der Waals surface area contributed by atoms with E-state index >= 15 is 0 Å². The van der Waals surface area contributed by atoms with Crippen LogP contribution in [-0.4, -0.2) is 23.1 Å². The normalized spacial score (nSPS) is 11.4. The van der Waals surface area contributed by atoms with Crippen LogP contribution in [0.25, 0.3) is 0 Å². The summed E-state index contributed by atoms with van der Waals surface area (Å²) in [6, 6.07) is 0. The summed E-state index contributed by atoms with van der Waals surface area (Å²) in [6.07, 6.45) is 6.77. The zero-order valence-electron chi connectivity index (χ0n) is 13.7. The number of rotatable bonds is 9. The second-order valence-electron chi connectivity index (χ2n) is 6.20. The van der Waals surface area contributed by atoms with E-state index in [0.29, 0.717) is 5.41 Å². The summed E-state index contributed by atoms with van der Waals surface area (Å²) in [4.78, 5) is 8.63. The van der Waals surface area contributed by atoms with Crippen LogP contribution in [0.15, 0.2) is 6.33 Å². The van der Waals surface area contributed by atoms with Gasteiger partial charge in [0.2, 0.25) is 0 Å². The third-order valence-electron chi connectivity index (χ3n) is 3.62. The Hall–Kier alpha value is -1.32. The highest BCUT2D eigenvalue weighted by Crippen LogP contribution is 2.25. The van der Waals surface area contributed by atoms with Crippen LogP contribution >= 0.6 is 0 Å². The standard InChI is InChI=1S/C16H30N4/c1-6-8-9-10-16(4,5)11-18-15-13(3)14(17-7-2)19-12-20-15/h12H,6-11H2,1-5H3,(H2,17,18,19,20). The molecule has 0 aliphatic rings. The summed E-state index contributed by atoms with van der Waals surface area (Å²) in [5, 5.41) is 6.75. The number of hydrogen-bond acceptors (Lipinski definition) is 4. The van der Waals surface area contributed by atoms with E-state index in [1.165, 1.54) is 25.7 Å². The van der Waals surface area contributed by atoms with Gasteiger partial charge < -0.3 is 10.6 Å². The molecule has 0 unspecified atom stereocenters. The Morgan fingerprint density at radius 3 is 2.30 bits per heavy atom. The van der Waals surface area contributed by atoms with Crippen LogP contribution in [0.4, 0.5) is 11.6 Å². The summed E-state index contributed by atoms with van der Waals surface area (Å²) >= 11 is 0. The van der Waals surface area contributed by atoms with E-state index in [-0.39, 0.29) is 0 Å². The van der Waals surface area contributed by atoms with Crippen LogP contribution < -0.4 is 10.6 Å². The molecule has 20 heavy (non-hydrogen) atoms. The Labute approximate surface area is 123 Å². The van der Waals surface area contributed by atoms with Gasteiger partial charge in [0.25, 0.3) is 0 Å². The average molecular weight is 278 g/mol. The van der Waals surface area contributed by atoms with Gasteiger partial charge in [-0.1, -0.05) is 40.0 Å². The third kappa shape index (κ3) is 5.35. The van der Waals surface area contributed by atoms with Crippen molar-refractivity contribution in [3.8, 4) is 0 Å². The summed E-state index contributed by atoms with van der Waals surface area (Å²) in [5.74, 6) is 1.87. The fourth-order valence-electron chi connectivity index (χ4n) is 2.24. The first kappa shape index (κ1) is 16.7. The molecule has 1 aromatic rings. The average Bonchev–Trinajstić information content (AvgIpc) is 2.40. The predicted octanol–water partition coefficient (Wildman–Crippen LogP) is 4.24. The molecule has 114 valence electrons. The number of unbranched alkanes of at least 4 members (excludes halogenated alkanes) is 2. The smallest absolute Gasteiger partial charge is 0.134 e. The number of hydrogen-bond donors (Lipinski definition) is 2. The minimum Gasteiger partial charge on any atom is -0.370 e. The lowest BCUT2D eigenvalue weighted by Gasteiger charge is -2.25.